The van der Waals surface area contributed by atoms with Crippen LogP contribution in [0, 0.1) is 0 Å². The Morgan fingerprint density at radius 2 is 0.583 bits per heavy atom. The molecule has 1 aliphatic rings. The molecule has 0 radical (unpaired) electrons. The lowest BCUT2D eigenvalue weighted by Crippen LogP contribution is -2.08. The van der Waals surface area contributed by atoms with E-state index in [0.29, 0.717) is 5.25 Å². The van der Waals surface area contributed by atoms with Gasteiger partial charge >= 0.3 is 0 Å². The van der Waals surface area contributed by atoms with Crippen LogP contribution in [0.25, 0.3) is 0 Å². The van der Waals surface area contributed by atoms with Crippen molar-refractivity contribution in [2.24, 2.45) is 0 Å². The van der Waals surface area contributed by atoms with Crippen LogP contribution in [-0.2, 0) is 0 Å². The van der Waals surface area contributed by atoms with Crippen molar-refractivity contribution < 1.29 is 0 Å². The van der Waals surface area contributed by atoms with E-state index in [1.54, 1.807) is 0 Å². The summed E-state index contributed by atoms with van der Waals surface area (Å²) in [5.41, 5.74) is 0. The van der Waals surface area contributed by atoms with Crippen LogP contribution >= 0.6 is 42.1 Å². The molecule has 1 fully saturated rings. The molecule has 0 aromatic carbocycles. The van der Waals surface area contributed by atoms with Gasteiger partial charge in [-0.25, -0.2) is 0 Å². The normalized spacial score (nSPS) is 24.3. The van der Waals surface area contributed by atoms with Crippen LogP contribution in [0.2, 0.25) is 0 Å². The van der Waals surface area contributed by atoms with Crippen molar-refractivity contribution in [1.29, 1.82) is 0 Å². The van der Waals surface area contributed by atoms with Crippen LogP contribution in [0.5, 0.6) is 0 Å². The lowest BCUT2D eigenvalue weighted by atomic mass is 10.0. The highest BCUT2D eigenvalue weighted by Gasteiger charge is 2.22. The molecule has 0 spiro atoms. The Balaban J connectivity index is 2.28. The van der Waals surface area contributed by atoms with Crippen LogP contribution in [0.3, 0.4) is 0 Å². The first-order chi connectivity index (χ1) is 11.6. The van der Waals surface area contributed by atoms with Gasteiger partial charge in [-0.2, -0.15) is 0 Å². The highest BCUT2D eigenvalue weighted by atomic mass is 33.8. The van der Waals surface area contributed by atoms with Gasteiger partial charge in [0, 0.05) is 5.25 Å². The van der Waals surface area contributed by atoms with Gasteiger partial charge in [0.2, 0.25) is 0 Å². The first-order valence-corrected chi connectivity index (χ1v) is 15.5. The van der Waals surface area contributed by atoms with E-state index in [0.717, 1.165) is 0 Å². The van der Waals surface area contributed by atoms with E-state index in [1.165, 1.54) is 122 Å². The van der Waals surface area contributed by atoms with Crippen LogP contribution in [-0.4, -0.2) is 5.25 Å². The standard InChI is InChI=1S/C20H42S4/c21-24(22,23)20-18-16-14-12-10-8-6-4-2-1-3-5-7-9-11-13-15-17-19-20/h20-23H,1-19H2. The third-order valence-corrected chi connectivity index (χ3v) is 9.55. The van der Waals surface area contributed by atoms with Crippen LogP contribution in [0.1, 0.15) is 122 Å². The van der Waals surface area contributed by atoms with Gasteiger partial charge in [-0.05, 0) is 12.8 Å². The van der Waals surface area contributed by atoms with E-state index in [-0.39, 0.29) is 0 Å². The van der Waals surface area contributed by atoms with Gasteiger partial charge in [0.15, 0.2) is 0 Å². The summed E-state index contributed by atoms with van der Waals surface area (Å²) >= 11 is 14.2. The first kappa shape index (κ1) is 23.4. The molecular weight excluding hydrogens is 368 g/mol. The summed E-state index contributed by atoms with van der Waals surface area (Å²) in [5, 5.41) is 0.623. The second-order valence-corrected chi connectivity index (χ2v) is 17.3. The number of thiol groups is 3. The summed E-state index contributed by atoms with van der Waals surface area (Å²) in [5.74, 6) is 0. The molecule has 0 nitrogen and oxygen atoms in total. The second kappa shape index (κ2) is 15.5. The predicted octanol–water partition coefficient (Wildman–Crippen LogP) is 9.12. The summed E-state index contributed by atoms with van der Waals surface area (Å²) in [7, 11) is -1.28. The zero-order valence-corrected chi connectivity index (χ0v) is 19.3. The molecule has 0 amide bonds. The quantitative estimate of drug-likeness (QED) is 0.278. The van der Waals surface area contributed by atoms with Crippen LogP contribution < -0.4 is 0 Å². The summed E-state index contributed by atoms with van der Waals surface area (Å²) in [4.78, 5) is 0. The molecule has 0 aromatic rings. The molecule has 24 heavy (non-hydrogen) atoms. The fourth-order valence-electron chi connectivity index (χ4n) is 3.86. The molecule has 0 atom stereocenters. The van der Waals surface area contributed by atoms with E-state index in [2.05, 4.69) is 0 Å². The molecule has 0 unspecified atom stereocenters. The lowest BCUT2D eigenvalue weighted by molar-refractivity contribution is 0.507. The molecule has 4 heteroatoms. The third kappa shape index (κ3) is 13.6. The van der Waals surface area contributed by atoms with Gasteiger partial charge in [-0.1, -0.05) is 116 Å². The SMILES string of the molecule is SS(S)(S)C1CCCCCCCCCCCCCCCCCCC1. The Morgan fingerprint density at radius 1 is 0.375 bits per heavy atom. The van der Waals surface area contributed by atoms with E-state index in [9.17, 15) is 0 Å². The number of hydrogen-bond acceptors (Lipinski definition) is 3. The average molecular weight is 411 g/mol. The Kier molecular flexibility index (Phi) is 15.1. The Morgan fingerprint density at radius 3 is 0.792 bits per heavy atom. The molecule has 146 valence electrons. The number of hydrogen-bond donors (Lipinski definition) is 3. The van der Waals surface area contributed by atoms with Gasteiger partial charge in [0.05, 0.1) is 0 Å². The van der Waals surface area contributed by atoms with Crippen LogP contribution in [0.4, 0.5) is 0 Å². The van der Waals surface area contributed by atoms with Crippen molar-refractivity contribution in [2.45, 2.75) is 127 Å². The van der Waals surface area contributed by atoms with Crippen LogP contribution in [0.15, 0.2) is 0 Å². The smallest absolute Gasteiger partial charge is 0.0144 e. The van der Waals surface area contributed by atoms with E-state index < -0.39 is 7.12 Å². The van der Waals surface area contributed by atoms with Crippen molar-refractivity contribution in [1.82, 2.24) is 0 Å². The van der Waals surface area contributed by atoms with Gasteiger partial charge in [0.1, 0.15) is 0 Å². The maximum atomic E-state index is 4.72. The fourth-order valence-corrected chi connectivity index (χ4v) is 6.72. The summed E-state index contributed by atoms with van der Waals surface area (Å²) in [6.45, 7) is 0. The molecule has 0 N–H and O–H groups in total. The summed E-state index contributed by atoms with van der Waals surface area (Å²) in [6.07, 6.45) is 26.9. The molecule has 0 saturated heterocycles. The van der Waals surface area contributed by atoms with Crippen molar-refractivity contribution in [3.05, 3.63) is 0 Å². The molecular formula is C20H42S4. The monoisotopic (exact) mass is 410 g/mol. The average Bonchev–Trinajstić information content (AvgIpc) is 2.52. The summed E-state index contributed by atoms with van der Waals surface area (Å²) < 4.78 is 0. The molecule has 1 saturated carbocycles. The largest absolute Gasteiger partial charge is 0.112 e. The Labute approximate surface area is 168 Å². The first-order valence-electron chi connectivity index (χ1n) is 10.6. The highest BCUT2D eigenvalue weighted by Crippen LogP contribution is 2.67. The van der Waals surface area contributed by atoms with Gasteiger partial charge in [-0.3, -0.25) is 0 Å². The van der Waals surface area contributed by atoms with Gasteiger partial charge < -0.3 is 0 Å². The molecule has 0 bridgehead atoms. The van der Waals surface area contributed by atoms with Crippen molar-refractivity contribution >= 4 is 42.1 Å². The zero-order valence-electron chi connectivity index (χ0n) is 15.8. The van der Waals surface area contributed by atoms with E-state index >= 15 is 0 Å². The zero-order chi connectivity index (χ0) is 17.5. The minimum atomic E-state index is -1.28. The van der Waals surface area contributed by atoms with Gasteiger partial charge in [0.25, 0.3) is 0 Å². The molecule has 0 aromatic heterocycles. The number of rotatable bonds is 1. The highest BCUT2D eigenvalue weighted by molar-refractivity contribution is 9.40. The maximum absolute atomic E-state index is 4.72. The van der Waals surface area contributed by atoms with Crippen molar-refractivity contribution in [3.63, 3.8) is 0 Å². The molecule has 1 rings (SSSR count). The molecule has 0 aliphatic heterocycles. The predicted molar refractivity (Wildman–Crippen MR) is 126 cm³/mol. The van der Waals surface area contributed by atoms with Crippen molar-refractivity contribution in [3.8, 4) is 0 Å². The Hall–Kier alpha value is 1.40. The van der Waals surface area contributed by atoms with Gasteiger partial charge in [-0.15, -0.1) is 35.0 Å². The fraction of sp³-hybridized carbons (Fsp3) is 1.00. The second-order valence-electron chi connectivity index (χ2n) is 7.77. The third-order valence-electron chi connectivity index (χ3n) is 5.50. The van der Waals surface area contributed by atoms with E-state index in [4.69, 9.17) is 35.0 Å². The minimum Gasteiger partial charge on any atom is -0.112 e. The topological polar surface area (TPSA) is 0 Å². The molecule has 0 heterocycles. The summed E-state index contributed by atoms with van der Waals surface area (Å²) in [6, 6.07) is 0. The lowest BCUT2D eigenvalue weighted by Gasteiger charge is -2.32. The maximum Gasteiger partial charge on any atom is 0.0144 e. The van der Waals surface area contributed by atoms with E-state index in [1.807, 2.05) is 0 Å². The Bertz CT molecular complexity index is 255. The van der Waals surface area contributed by atoms with Crippen molar-refractivity contribution in [2.75, 3.05) is 0 Å². The minimum absolute atomic E-state index is 0.623. The molecule has 1 aliphatic carbocycles.